The Kier molecular flexibility index (Phi) is 9.94. The quantitative estimate of drug-likeness (QED) is 0.615. The fourth-order valence-electron chi connectivity index (χ4n) is 1.97. The van der Waals surface area contributed by atoms with Gasteiger partial charge in [0, 0.05) is 33.1 Å². The number of hydrogen-bond donors (Lipinski definition) is 0. The van der Waals surface area contributed by atoms with E-state index in [1.807, 2.05) is 0 Å². The van der Waals surface area contributed by atoms with Crippen LogP contribution < -0.4 is 0 Å². The van der Waals surface area contributed by atoms with Gasteiger partial charge in [0.25, 0.3) is 0 Å². The lowest BCUT2D eigenvalue weighted by Gasteiger charge is -2.29. The molecule has 1 rings (SSSR count). The highest BCUT2D eigenvalue weighted by Gasteiger charge is 2.24. The molecule has 4 atom stereocenters. The van der Waals surface area contributed by atoms with Gasteiger partial charge >= 0.3 is 0 Å². The summed E-state index contributed by atoms with van der Waals surface area (Å²) < 4.78 is 34.9. The van der Waals surface area contributed by atoms with Crippen LogP contribution >= 0.6 is 0 Å². The van der Waals surface area contributed by atoms with Crippen LogP contribution in [0.1, 0.15) is 39.5 Å². The Hall–Kier alpha value is 0.220. The van der Waals surface area contributed by atoms with E-state index in [0.717, 1.165) is 37.2 Å². The second kappa shape index (κ2) is 10.9. The smallest absolute Gasteiger partial charge is 0.0924 e. The van der Waals surface area contributed by atoms with Gasteiger partial charge < -0.3 is 9.47 Å². The highest BCUT2D eigenvalue weighted by atomic mass is 32.2. The van der Waals surface area contributed by atoms with Gasteiger partial charge in [0.15, 0.2) is 0 Å². The molecule has 0 bridgehead atoms. The lowest BCUT2D eigenvalue weighted by Crippen LogP contribution is -2.41. The lowest BCUT2D eigenvalue weighted by molar-refractivity contribution is -0.116. The first-order valence-electron chi connectivity index (χ1n) is 7.58. The monoisotopic (exact) mass is 324 g/mol. The molecule has 20 heavy (non-hydrogen) atoms. The van der Waals surface area contributed by atoms with Gasteiger partial charge in [-0.1, -0.05) is 26.7 Å². The first kappa shape index (κ1) is 18.3. The molecule has 0 aromatic heterocycles. The van der Waals surface area contributed by atoms with Crippen molar-refractivity contribution < 1.29 is 17.9 Å². The van der Waals surface area contributed by atoms with E-state index in [2.05, 4.69) is 13.8 Å². The predicted molar refractivity (Wildman–Crippen MR) is 85.0 cm³/mol. The van der Waals surface area contributed by atoms with Gasteiger partial charge in [-0.3, -0.25) is 8.42 Å². The van der Waals surface area contributed by atoms with E-state index in [4.69, 9.17) is 9.47 Å². The van der Waals surface area contributed by atoms with Crippen molar-refractivity contribution in [2.24, 2.45) is 0 Å². The SMILES string of the molecule is CCCC[S@@](=O)C[C@@H]1CO[C@H](C[S@@](=O)CCCC)CO1. The molecule has 1 aliphatic heterocycles. The highest BCUT2D eigenvalue weighted by molar-refractivity contribution is 7.85. The molecule has 6 heteroatoms. The molecule has 0 aromatic carbocycles. The summed E-state index contributed by atoms with van der Waals surface area (Å²) in [6, 6.07) is 0. The molecule has 0 N–H and O–H groups in total. The summed E-state index contributed by atoms with van der Waals surface area (Å²) in [6.45, 7) is 5.16. The molecule has 0 amide bonds. The van der Waals surface area contributed by atoms with E-state index in [-0.39, 0.29) is 12.2 Å². The van der Waals surface area contributed by atoms with Crippen LogP contribution in [0.2, 0.25) is 0 Å². The molecule has 0 saturated carbocycles. The van der Waals surface area contributed by atoms with E-state index in [1.165, 1.54) is 0 Å². The van der Waals surface area contributed by atoms with E-state index >= 15 is 0 Å². The molecule has 120 valence electrons. The minimum Gasteiger partial charge on any atom is -0.372 e. The largest absolute Gasteiger partial charge is 0.372 e. The third-order valence-electron chi connectivity index (χ3n) is 3.23. The molecule has 0 aliphatic carbocycles. The topological polar surface area (TPSA) is 52.6 Å². The van der Waals surface area contributed by atoms with Crippen LogP contribution in [-0.2, 0) is 31.1 Å². The van der Waals surface area contributed by atoms with Crippen LogP contribution in [-0.4, -0.2) is 56.9 Å². The number of hydrogen-bond acceptors (Lipinski definition) is 4. The third kappa shape index (κ3) is 7.86. The second-order valence-corrected chi connectivity index (χ2v) is 8.48. The first-order chi connectivity index (χ1) is 9.65. The Bertz CT molecular complexity index is 272. The van der Waals surface area contributed by atoms with Crippen molar-refractivity contribution in [1.29, 1.82) is 0 Å². The molecule has 1 aliphatic rings. The van der Waals surface area contributed by atoms with Crippen molar-refractivity contribution >= 4 is 21.6 Å². The zero-order valence-electron chi connectivity index (χ0n) is 12.7. The van der Waals surface area contributed by atoms with Gasteiger partial charge in [-0.05, 0) is 12.8 Å². The van der Waals surface area contributed by atoms with Crippen molar-refractivity contribution in [3.8, 4) is 0 Å². The Balaban J connectivity index is 2.16. The van der Waals surface area contributed by atoms with Crippen LogP contribution in [0.15, 0.2) is 0 Å². The molecule has 0 spiro atoms. The van der Waals surface area contributed by atoms with Crippen LogP contribution in [0.3, 0.4) is 0 Å². The van der Waals surface area contributed by atoms with Crippen LogP contribution in [0.25, 0.3) is 0 Å². The van der Waals surface area contributed by atoms with Crippen molar-refractivity contribution in [2.75, 3.05) is 36.2 Å². The Morgan fingerprint density at radius 1 is 0.850 bits per heavy atom. The van der Waals surface area contributed by atoms with Gasteiger partial charge in [-0.25, -0.2) is 0 Å². The van der Waals surface area contributed by atoms with Gasteiger partial charge in [0.1, 0.15) is 0 Å². The maximum Gasteiger partial charge on any atom is 0.0924 e. The molecule has 0 aromatic rings. The maximum absolute atomic E-state index is 11.8. The van der Waals surface area contributed by atoms with Crippen LogP contribution in [0.5, 0.6) is 0 Å². The maximum atomic E-state index is 11.8. The average Bonchev–Trinajstić information content (AvgIpc) is 2.45. The summed E-state index contributed by atoms with van der Waals surface area (Å²) >= 11 is 0. The molecule has 0 radical (unpaired) electrons. The van der Waals surface area contributed by atoms with E-state index in [9.17, 15) is 8.42 Å². The number of rotatable bonds is 10. The van der Waals surface area contributed by atoms with Gasteiger partial charge in [0.05, 0.1) is 36.9 Å². The minimum atomic E-state index is -0.809. The number of ether oxygens (including phenoxy) is 2. The van der Waals surface area contributed by atoms with Gasteiger partial charge in [-0.15, -0.1) is 0 Å². The molecule has 1 heterocycles. The molecule has 4 nitrogen and oxygen atoms in total. The molecule has 1 fully saturated rings. The summed E-state index contributed by atoms with van der Waals surface area (Å²) in [5.74, 6) is 2.62. The van der Waals surface area contributed by atoms with Crippen molar-refractivity contribution in [3.63, 3.8) is 0 Å². The van der Waals surface area contributed by atoms with E-state index < -0.39 is 21.6 Å². The fourth-order valence-corrected chi connectivity index (χ4v) is 4.74. The van der Waals surface area contributed by atoms with Gasteiger partial charge in [-0.2, -0.15) is 0 Å². The summed E-state index contributed by atoms with van der Waals surface area (Å²) in [5, 5.41) is 0. The minimum absolute atomic E-state index is 0.0620. The summed E-state index contributed by atoms with van der Waals surface area (Å²) in [4.78, 5) is 0. The highest BCUT2D eigenvalue weighted by Crippen LogP contribution is 2.11. The first-order valence-corrected chi connectivity index (χ1v) is 10.6. The number of unbranched alkanes of at least 4 members (excludes halogenated alkanes) is 2. The van der Waals surface area contributed by atoms with Crippen molar-refractivity contribution in [2.45, 2.75) is 51.7 Å². The van der Waals surface area contributed by atoms with Crippen LogP contribution in [0.4, 0.5) is 0 Å². The Morgan fingerprint density at radius 2 is 1.25 bits per heavy atom. The van der Waals surface area contributed by atoms with Crippen molar-refractivity contribution in [3.05, 3.63) is 0 Å². The Morgan fingerprint density at radius 3 is 1.55 bits per heavy atom. The van der Waals surface area contributed by atoms with Gasteiger partial charge in [0.2, 0.25) is 0 Å². The molecule has 1 saturated heterocycles. The summed E-state index contributed by atoms with van der Waals surface area (Å²) in [7, 11) is -1.62. The zero-order chi connectivity index (χ0) is 14.8. The zero-order valence-corrected chi connectivity index (χ0v) is 14.3. The summed E-state index contributed by atoms with van der Waals surface area (Å²) in [5.41, 5.74) is 0. The van der Waals surface area contributed by atoms with E-state index in [1.54, 1.807) is 0 Å². The predicted octanol–water partition coefficient (Wildman–Crippen LogP) is 1.87. The lowest BCUT2D eigenvalue weighted by atomic mass is 10.3. The van der Waals surface area contributed by atoms with Crippen molar-refractivity contribution in [1.82, 2.24) is 0 Å². The normalized spacial score (nSPS) is 26.3. The summed E-state index contributed by atoms with van der Waals surface area (Å²) in [6.07, 6.45) is 4.01. The second-order valence-electron chi connectivity index (χ2n) is 5.24. The van der Waals surface area contributed by atoms with Crippen LogP contribution in [0, 0.1) is 0 Å². The molecular weight excluding hydrogens is 296 g/mol. The fraction of sp³-hybridized carbons (Fsp3) is 1.00. The van der Waals surface area contributed by atoms with E-state index in [0.29, 0.717) is 24.7 Å². The molecule has 0 unspecified atom stereocenters. The third-order valence-corrected chi connectivity index (χ3v) is 6.21. The molecular formula is C14H28O4S2. The standard InChI is InChI=1S/C14H28O4S2/c1-3-5-7-19(15)11-13-9-18-14(10-17-13)12-20(16)8-6-4-2/h13-14H,3-12H2,1-2H3/t13-,14-,19-,20+/m0/s1. The Labute approximate surface area is 127 Å². The average molecular weight is 325 g/mol.